The van der Waals surface area contributed by atoms with Crippen LogP contribution in [0.3, 0.4) is 0 Å². The number of hydrogen-bond donors (Lipinski definition) is 2. The molecule has 1 aliphatic heterocycles. The third-order valence-corrected chi connectivity index (χ3v) is 4.13. The van der Waals surface area contributed by atoms with Gasteiger partial charge in [0.1, 0.15) is 0 Å². The van der Waals surface area contributed by atoms with Crippen molar-refractivity contribution in [1.29, 1.82) is 0 Å². The van der Waals surface area contributed by atoms with Crippen molar-refractivity contribution < 1.29 is 14.4 Å². The molecule has 2 rings (SSSR count). The average Bonchev–Trinajstić information content (AvgIpc) is 2.64. The molecule has 21 heavy (non-hydrogen) atoms. The molecule has 0 saturated carbocycles. The monoisotopic (exact) mass is 290 g/mol. The van der Waals surface area contributed by atoms with E-state index in [4.69, 9.17) is 20.1 Å². The molecular formula is C15H23BN2O3. The summed E-state index contributed by atoms with van der Waals surface area (Å²) in [6.07, 6.45) is 3.53. The van der Waals surface area contributed by atoms with Gasteiger partial charge in [-0.15, -0.1) is 0 Å². The first-order valence-corrected chi connectivity index (χ1v) is 7.11. The molecule has 0 spiro atoms. The molecule has 6 heteroatoms. The highest BCUT2D eigenvalue weighted by molar-refractivity contribution is 6.52. The maximum absolute atomic E-state index is 9.00. The second kappa shape index (κ2) is 5.89. The Bertz CT molecular complexity index is 498. The number of aliphatic hydroxyl groups excluding tert-OH is 1. The number of aliphatic hydroxyl groups is 1. The van der Waals surface area contributed by atoms with Gasteiger partial charge < -0.3 is 20.1 Å². The molecule has 1 atom stereocenters. The van der Waals surface area contributed by atoms with Gasteiger partial charge in [0.05, 0.1) is 29.5 Å². The van der Waals surface area contributed by atoms with Gasteiger partial charge >= 0.3 is 7.12 Å². The molecule has 1 aliphatic rings. The molecular weight excluding hydrogens is 267 g/mol. The Morgan fingerprint density at radius 1 is 1.29 bits per heavy atom. The molecule has 114 valence electrons. The number of nitrogens with two attached hydrogens (primary N) is 1. The second-order valence-electron chi connectivity index (χ2n) is 6.29. The van der Waals surface area contributed by atoms with Crippen LogP contribution in [0.2, 0.25) is 0 Å². The average molecular weight is 290 g/mol. The van der Waals surface area contributed by atoms with Crippen molar-refractivity contribution in [2.45, 2.75) is 44.9 Å². The molecule has 0 amide bonds. The summed E-state index contributed by atoms with van der Waals surface area (Å²) in [4.78, 5) is 4.29. The molecule has 1 aromatic heterocycles. The van der Waals surface area contributed by atoms with E-state index in [1.807, 2.05) is 51.9 Å². The highest BCUT2D eigenvalue weighted by atomic mass is 16.7. The van der Waals surface area contributed by atoms with Crippen LogP contribution in [0.25, 0.3) is 6.08 Å². The van der Waals surface area contributed by atoms with Gasteiger partial charge in [-0.25, -0.2) is 0 Å². The number of pyridine rings is 1. The summed E-state index contributed by atoms with van der Waals surface area (Å²) in [7, 11) is -0.379. The normalized spacial score (nSPS) is 21.9. The number of hydrogen-bond acceptors (Lipinski definition) is 5. The van der Waals surface area contributed by atoms with E-state index in [0.717, 1.165) is 11.3 Å². The van der Waals surface area contributed by atoms with Crippen LogP contribution in [0.15, 0.2) is 24.3 Å². The van der Waals surface area contributed by atoms with Crippen molar-refractivity contribution >= 4 is 13.2 Å². The first kappa shape index (κ1) is 16.2. The van der Waals surface area contributed by atoms with E-state index < -0.39 is 6.04 Å². The maximum Gasteiger partial charge on any atom is 0.487 e. The van der Waals surface area contributed by atoms with Crippen LogP contribution in [-0.4, -0.2) is 35.0 Å². The largest absolute Gasteiger partial charge is 0.487 e. The van der Waals surface area contributed by atoms with Crippen LogP contribution in [0.1, 0.15) is 45.0 Å². The van der Waals surface area contributed by atoms with Crippen molar-refractivity contribution in [2.75, 3.05) is 6.61 Å². The summed E-state index contributed by atoms with van der Waals surface area (Å²) in [5.74, 6) is 1.85. The predicted octanol–water partition coefficient (Wildman–Crippen LogP) is 1.72. The molecule has 1 aromatic rings. The topological polar surface area (TPSA) is 77.6 Å². The minimum atomic E-state index is -0.390. The van der Waals surface area contributed by atoms with Crippen molar-refractivity contribution in [3.05, 3.63) is 35.6 Å². The highest BCUT2D eigenvalue weighted by Gasteiger charge is 2.49. The smallest absolute Gasteiger partial charge is 0.400 e. The number of rotatable bonds is 4. The van der Waals surface area contributed by atoms with E-state index in [1.165, 1.54) is 0 Å². The molecule has 5 nitrogen and oxygen atoms in total. The Hall–Kier alpha value is -1.21. The van der Waals surface area contributed by atoms with Gasteiger partial charge in [-0.3, -0.25) is 4.98 Å². The van der Waals surface area contributed by atoms with Crippen LogP contribution in [0, 0.1) is 0 Å². The Labute approximate surface area is 126 Å². The van der Waals surface area contributed by atoms with E-state index in [1.54, 1.807) is 6.20 Å². The minimum absolute atomic E-state index is 0.0925. The van der Waals surface area contributed by atoms with E-state index >= 15 is 0 Å². The molecule has 0 bridgehead atoms. The van der Waals surface area contributed by atoms with Gasteiger partial charge in [0.2, 0.25) is 0 Å². The summed E-state index contributed by atoms with van der Waals surface area (Å²) in [5, 5.41) is 9.00. The van der Waals surface area contributed by atoms with Gasteiger partial charge in [-0.1, -0.05) is 12.0 Å². The van der Waals surface area contributed by atoms with E-state index in [0.29, 0.717) is 0 Å². The van der Waals surface area contributed by atoms with Crippen LogP contribution in [0.5, 0.6) is 0 Å². The van der Waals surface area contributed by atoms with Crippen molar-refractivity contribution in [2.24, 2.45) is 5.73 Å². The lowest BCUT2D eigenvalue weighted by molar-refractivity contribution is 0.00578. The summed E-state index contributed by atoms with van der Waals surface area (Å²) in [6.45, 7) is 7.98. The zero-order valence-corrected chi connectivity index (χ0v) is 13.0. The summed E-state index contributed by atoms with van der Waals surface area (Å²) >= 11 is 0. The zero-order chi connectivity index (χ0) is 15.7. The van der Waals surface area contributed by atoms with Crippen molar-refractivity contribution in [3.63, 3.8) is 0 Å². The van der Waals surface area contributed by atoms with Crippen LogP contribution < -0.4 is 5.73 Å². The van der Waals surface area contributed by atoms with Gasteiger partial charge in [-0.2, -0.15) is 0 Å². The van der Waals surface area contributed by atoms with Crippen molar-refractivity contribution in [1.82, 2.24) is 4.98 Å². The lowest BCUT2D eigenvalue weighted by Gasteiger charge is -2.32. The Kier molecular flexibility index (Phi) is 4.53. The molecule has 1 saturated heterocycles. The summed E-state index contributed by atoms with van der Waals surface area (Å²) < 4.78 is 11.8. The SMILES string of the molecule is CC1(C)OB(/C=C/c2ccc([C@H](N)CO)cn2)OC1(C)C. The second-order valence-corrected chi connectivity index (χ2v) is 6.29. The van der Waals surface area contributed by atoms with E-state index in [9.17, 15) is 0 Å². The van der Waals surface area contributed by atoms with E-state index in [2.05, 4.69) is 4.98 Å². The Balaban J connectivity index is 2.03. The van der Waals surface area contributed by atoms with Crippen LogP contribution >= 0.6 is 0 Å². The van der Waals surface area contributed by atoms with Gasteiger partial charge in [0, 0.05) is 6.20 Å². The first-order chi connectivity index (χ1) is 9.75. The lowest BCUT2D eigenvalue weighted by Crippen LogP contribution is -2.41. The summed E-state index contributed by atoms with van der Waals surface area (Å²) in [5.41, 5.74) is 6.65. The molecule has 2 heterocycles. The number of aromatic nitrogens is 1. The van der Waals surface area contributed by atoms with Crippen LogP contribution in [-0.2, 0) is 9.31 Å². The predicted molar refractivity (Wildman–Crippen MR) is 83.4 cm³/mol. The van der Waals surface area contributed by atoms with E-state index in [-0.39, 0.29) is 24.9 Å². The van der Waals surface area contributed by atoms with Gasteiger partial charge in [0.25, 0.3) is 0 Å². The molecule has 3 N–H and O–H groups in total. The summed E-state index contributed by atoms with van der Waals surface area (Å²) in [6, 6.07) is 3.32. The Morgan fingerprint density at radius 3 is 2.38 bits per heavy atom. The highest BCUT2D eigenvalue weighted by Crippen LogP contribution is 2.36. The molecule has 0 aliphatic carbocycles. The quantitative estimate of drug-likeness (QED) is 0.826. The fourth-order valence-electron chi connectivity index (χ4n) is 1.98. The van der Waals surface area contributed by atoms with Crippen molar-refractivity contribution in [3.8, 4) is 0 Å². The molecule has 1 fully saturated rings. The first-order valence-electron chi connectivity index (χ1n) is 7.11. The Morgan fingerprint density at radius 2 is 1.90 bits per heavy atom. The maximum atomic E-state index is 9.00. The van der Waals surface area contributed by atoms with Gasteiger partial charge in [0.15, 0.2) is 0 Å². The minimum Gasteiger partial charge on any atom is -0.400 e. The van der Waals surface area contributed by atoms with Crippen LogP contribution in [0.4, 0.5) is 0 Å². The molecule has 0 aromatic carbocycles. The molecule has 0 radical (unpaired) electrons. The van der Waals surface area contributed by atoms with Gasteiger partial charge in [-0.05, 0) is 45.4 Å². The number of nitrogens with zero attached hydrogens (tertiary/aromatic N) is 1. The third kappa shape index (κ3) is 3.52. The fraction of sp³-hybridized carbons (Fsp3) is 0.533. The lowest BCUT2D eigenvalue weighted by atomic mass is 9.89. The fourth-order valence-corrected chi connectivity index (χ4v) is 1.98. The standard InChI is InChI=1S/C15H23BN2O3/c1-14(2)15(3,4)21-16(20-14)8-7-12-6-5-11(9-18-12)13(17)10-19/h5-9,13,19H,10,17H2,1-4H3/b8-7+/t13-/m1/s1. The zero-order valence-electron chi connectivity index (χ0n) is 13.0. The third-order valence-electron chi connectivity index (χ3n) is 4.13. The molecule has 0 unspecified atom stereocenters.